The highest BCUT2D eigenvalue weighted by molar-refractivity contribution is 7.99. The van der Waals surface area contributed by atoms with Crippen molar-refractivity contribution in [1.29, 1.82) is 0 Å². The molecule has 0 aliphatic carbocycles. The van der Waals surface area contributed by atoms with Gasteiger partial charge in [0, 0.05) is 12.6 Å². The normalized spacial score (nSPS) is 16.9. The molecule has 0 spiro atoms. The van der Waals surface area contributed by atoms with Crippen molar-refractivity contribution < 1.29 is 9.90 Å². The maximum absolute atomic E-state index is 10.8. The molecular weight excluding hydrogens is 234 g/mol. The summed E-state index contributed by atoms with van der Waals surface area (Å²) >= 11 is 2.01. The molecule has 3 nitrogen and oxygen atoms in total. The average Bonchev–Trinajstić information content (AvgIpc) is 2.38. The van der Waals surface area contributed by atoms with Gasteiger partial charge in [-0.3, -0.25) is 0 Å². The van der Waals surface area contributed by atoms with Crippen LogP contribution in [0, 0.1) is 0 Å². The Morgan fingerprint density at radius 2 is 2.18 bits per heavy atom. The van der Waals surface area contributed by atoms with Crippen LogP contribution in [0.1, 0.15) is 28.8 Å². The lowest BCUT2D eigenvalue weighted by atomic mass is 10.1. The fourth-order valence-electron chi connectivity index (χ4n) is 1.98. The largest absolute Gasteiger partial charge is 0.478 e. The predicted molar refractivity (Wildman–Crippen MR) is 70.6 cm³/mol. The van der Waals surface area contributed by atoms with E-state index in [0.717, 1.165) is 12.1 Å². The van der Waals surface area contributed by atoms with Crippen LogP contribution < -0.4 is 5.32 Å². The van der Waals surface area contributed by atoms with E-state index in [1.807, 2.05) is 17.8 Å². The van der Waals surface area contributed by atoms with E-state index in [0.29, 0.717) is 11.6 Å². The molecule has 2 rings (SSSR count). The Kier molecular flexibility index (Phi) is 4.45. The predicted octanol–water partition coefficient (Wildman–Crippen LogP) is 2.37. The molecule has 1 aliphatic heterocycles. The Bertz CT molecular complexity index is 389. The van der Waals surface area contributed by atoms with E-state index in [9.17, 15) is 4.79 Å². The molecule has 0 radical (unpaired) electrons. The molecule has 2 N–H and O–H groups in total. The van der Waals surface area contributed by atoms with E-state index in [4.69, 9.17) is 5.11 Å². The number of hydrogen-bond donors (Lipinski definition) is 2. The topological polar surface area (TPSA) is 49.3 Å². The van der Waals surface area contributed by atoms with Crippen molar-refractivity contribution in [2.24, 2.45) is 0 Å². The first-order chi connectivity index (χ1) is 8.25. The third kappa shape index (κ3) is 3.75. The molecule has 0 aromatic heterocycles. The number of rotatable bonds is 4. The van der Waals surface area contributed by atoms with Crippen LogP contribution in [-0.2, 0) is 6.54 Å². The van der Waals surface area contributed by atoms with Crippen molar-refractivity contribution in [2.75, 3.05) is 11.5 Å². The van der Waals surface area contributed by atoms with E-state index in [-0.39, 0.29) is 0 Å². The van der Waals surface area contributed by atoms with E-state index < -0.39 is 5.97 Å². The molecule has 0 unspecified atom stereocenters. The van der Waals surface area contributed by atoms with Crippen LogP contribution in [0.4, 0.5) is 0 Å². The first-order valence-electron chi connectivity index (χ1n) is 5.89. The molecule has 0 saturated carbocycles. The molecule has 1 saturated heterocycles. The van der Waals surface area contributed by atoms with Gasteiger partial charge in [-0.2, -0.15) is 11.8 Å². The highest BCUT2D eigenvalue weighted by Crippen LogP contribution is 2.17. The van der Waals surface area contributed by atoms with Crippen LogP contribution in [0.25, 0.3) is 0 Å². The summed E-state index contributed by atoms with van der Waals surface area (Å²) in [7, 11) is 0. The minimum absolute atomic E-state index is 0.364. The summed E-state index contributed by atoms with van der Waals surface area (Å²) in [6.45, 7) is 0.760. The van der Waals surface area contributed by atoms with Crippen molar-refractivity contribution in [3.05, 3.63) is 35.4 Å². The second-order valence-electron chi connectivity index (χ2n) is 4.27. The summed E-state index contributed by atoms with van der Waals surface area (Å²) in [5, 5.41) is 12.4. The van der Waals surface area contributed by atoms with Crippen LogP contribution >= 0.6 is 11.8 Å². The summed E-state index contributed by atoms with van der Waals surface area (Å²) in [6.07, 6.45) is 2.42. The van der Waals surface area contributed by atoms with Crippen LogP contribution in [0.3, 0.4) is 0 Å². The number of carbonyl (C=O) groups is 1. The van der Waals surface area contributed by atoms with Crippen LogP contribution in [0.5, 0.6) is 0 Å². The molecule has 4 heteroatoms. The smallest absolute Gasteiger partial charge is 0.335 e. The van der Waals surface area contributed by atoms with Crippen molar-refractivity contribution in [1.82, 2.24) is 5.32 Å². The van der Waals surface area contributed by atoms with Crippen LogP contribution in [0.2, 0.25) is 0 Å². The van der Waals surface area contributed by atoms with Gasteiger partial charge in [0.25, 0.3) is 0 Å². The summed E-state index contributed by atoms with van der Waals surface area (Å²) < 4.78 is 0. The Morgan fingerprint density at radius 1 is 1.41 bits per heavy atom. The second-order valence-corrected chi connectivity index (χ2v) is 5.50. The van der Waals surface area contributed by atoms with Gasteiger partial charge in [-0.15, -0.1) is 0 Å². The van der Waals surface area contributed by atoms with E-state index in [1.165, 1.54) is 24.3 Å². The van der Waals surface area contributed by atoms with Gasteiger partial charge in [0.05, 0.1) is 5.56 Å². The lowest BCUT2D eigenvalue weighted by Crippen LogP contribution is -2.32. The highest BCUT2D eigenvalue weighted by Gasteiger charge is 2.12. The van der Waals surface area contributed by atoms with Gasteiger partial charge < -0.3 is 10.4 Å². The van der Waals surface area contributed by atoms with Gasteiger partial charge >= 0.3 is 5.97 Å². The number of hydrogen-bond acceptors (Lipinski definition) is 3. The van der Waals surface area contributed by atoms with Crippen molar-refractivity contribution in [3.63, 3.8) is 0 Å². The zero-order chi connectivity index (χ0) is 12.1. The Hall–Kier alpha value is -1.00. The van der Waals surface area contributed by atoms with Crippen molar-refractivity contribution in [2.45, 2.75) is 25.4 Å². The Morgan fingerprint density at radius 3 is 2.88 bits per heavy atom. The SMILES string of the molecule is O=C(O)c1cccc(CNC2CCSCC2)c1. The molecule has 17 heavy (non-hydrogen) atoms. The lowest BCUT2D eigenvalue weighted by molar-refractivity contribution is 0.0697. The zero-order valence-corrected chi connectivity index (χ0v) is 10.5. The highest BCUT2D eigenvalue weighted by atomic mass is 32.2. The van der Waals surface area contributed by atoms with Gasteiger partial charge in [0.2, 0.25) is 0 Å². The monoisotopic (exact) mass is 251 g/mol. The van der Waals surface area contributed by atoms with E-state index in [1.54, 1.807) is 18.2 Å². The minimum atomic E-state index is -0.860. The quantitative estimate of drug-likeness (QED) is 0.862. The second kappa shape index (κ2) is 6.07. The van der Waals surface area contributed by atoms with Gasteiger partial charge in [0.1, 0.15) is 0 Å². The third-order valence-electron chi connectivity index (χ3n) is 2.99. The average molecular weight is 251 g/mol. The van der Waals surface area contributed by atoms with Crippen LogP contribution in [0.15, 0.2) is 24.3 Å². The maximum atomic E-state index is 10.8. The van der Waals surface area contributed by atoms with Gasteiger partial charge in [0.15, 0.2) is 0 Å². The van der Waals surface area contributed by atoms with Crippen molar-refractivity contribution in [3.8, 4) is 0 Å². The number of thioether (sulfide) groups is 1. The summed E-state index contributed by atoms with van der Waals surface area (Å²) in [5.74, 6) is 1.60. The van der Waals surface area contributed by atoms with E-state index in [2.05, 4.69) is 5.32 Å². The standard InChI is InChI=1S/C13H17NO2S/c15-13(16)11-3-1-2-10(8-11)9-14-12-4-6-17-7-5-12/h1-3,8,12,14H,4-7,9H2,(H,15,16). The van der Waals surface area contributed by atoms with Gasteiger partial charge in [-0.05, 0) is 42.0 Å². The molecule has 1 aliphatic rings. The van der Waals surface area contributed by atoms with Crippen LogP contribution in [-0.4, -0.2) is 28.6 Å². The summed E-state index contributed by atoms with van der Waals surface area (Å²) in [4.78, 5) is 10.8. The van der Waals surface area contributed by atoms with Gasteiger partial charge in [-0.25, -0.2) is 4.79 Å². The lowest BCUT2D eigenvalue weighted by Gasteiger charge is -2.22. The molecule has 1 heterocycles. The number of carboxylic acid groups (broad SMARTS) is 1. The fraction of sp³-hybridized carbons (Fsp3) is 0.462. The minimum Gasteiger partial charge on any atom is -0.478 e. The van der Waals surface area contributed by atoms with Gasteiger partial charge in [-0.1, -0.05) is 12.1 Å². The number of benzene rings is 1. The molecule has 1 fully saturated rings. The number of aromatic carboxylic acids is 1. The molecule has 0 bridgehead atoms. The first-order valence-corrected chi connectivity index (χ1v) is 7.04. The Balaban J connectivity index is 1.89. The summed E-state index contributed by atoms with van der Waals surface area (Å²) in [6, 6.07) is 7.73. The summed E-state index contributed by atoms with van der Waals surface area (Å²) in [5.41, 5.74) is 1.41. The fourth-order valence-corrected chi connectivity index (χ4v) is 3.08. The zero-order valence-electron chi connectivity index (χ0n) is 9.69. The number of carboxylic acids is 1. The number of nitrogens with one attached hydrogen (secondary N) is 1. The Labute approximate surface area is 106 Å². The maximum Gasteiger partial charge on any atom is 0.335 e. The molecular formula is C13H17NO2S. The first kappa shape index (κ1) is 12.5. The van der Waals surface area contributed by atoms with Crippen molar-refractivity contribution >= 4 is 17.7 Å². The van der Waals surface area contributed by atoms with E-state index >= 15 is 0 Å². The third-order valence-corrected chi connectivity index (χ3v) is 4.04. The molecule has 0 amide bonds. The molecule has 1 aromatic carbocycles. The molecule has 0 atom stereocenters. The molecule has 92 valence electrons. The molecule has 1 aromatic rings.